The van der Waals surface area contributed by atoms with Gasteiger partial charge in [-0.25, -0.2) is 0 Å². The van der Waals surface area contributed by atoms with Crippen molar-refractivity contribution in [3.63, 3.8) is 0 Å². The molecular formula is C11H19BrN2O2. The lowest BCUT2D eigenvalue weighted by molar-refractivity contribution is -0.130. The van der Waals surface area contributed by atoms with E-state index in [4.69, 9.17) is 0 Å². The lowest BCUT2D eigenvalue weighted by Gasteiger charge is -2.32. The van der Waals surface area contributed by atoms with E-state index in [0.29, 0.717) is 0 Å². The van der Waals surface area contributed by atoms with Crippen molar-refractivity contribution in [2.24, 2.45) is 0 Å². The highest BCUT2D eigenvalue weighted by Gasteiger charge is 2.28. The molecule has 16 heavy (non-hydrogen) atoms. The molecule has 0 aromatic carbocycles. The Labute approximate surface area is 105 Å². The number of alkyl halides is 1. The molecule has 4 nitrogen and oxygen atoms in total. The Morgan fingerprint density at radius 1 is 1.31 bits per heavy atom. The predicted octanol–water partition coefficient (Wildman–Crippen LogP) is 1.29. The molecule has 92 valence electrons. The van der Waals surface area contributed by atoms with Crippen molar-refractivity contribution in [1.29, 1.82) is 0 Å². The minimum Gasteiger partial charge on any atom is -0.352 e. The van der Waals surface area contributed by atoms with E-state index >= 15 is 0 Å². The van der Waals surface area contributed by atoms with Crippen LogP contribution in [0.25, 0.3) is 0 Å². The van der Waals surface area contributed by atoms with Crippen LogP contribution in [-0.2, 0) is 9.59 Å². The molecule has 0 unspecified atom stereocenters. The summed E-state index contributed by atoms with van der Waals surface area (Å²) in [6, 6.07) is 0.194. The molecule has 2 amide bonds. The minimum atomic E-state index is -0.523. The maximum atomic E-state index is 11.7. The largest absolute Gasteiger partial charge is 0.352 e. The molecule has 0 spiro atoms. The van der Waals surface area contributed by atoms with E-state index in [-0.39, 0.29) is 17.9 Å². The summed E-state index contributed by atoms with van der Waals surface area (Å²) in [5, 5.41) is 2.99. The van der Waals surface area contributed by atoms with Crippen molar-refractivity contribution < 1.29 is 9.59 Å². The summed E-state index contributed by atoms with van der Waals surface area (Å²) in [6.07, 6.45) is 1.68. The van der Waals surface area contributed by atoms with E-state index < -0.39 is 4.32 Å². The van der Waals surface area contributed by atoms with Gasteiger partial charge in [0.1, 0.15) is 0 Å². The van der Waals surface area contributed by atoms with Crippen LogP contribution in [0.1, 0.15) is 33.6 Å². The summed E-state index contributed by atoms with van der Waals surface area (Å²) < 4.78 is -0.523. The van der Waals surface area contributed by atoms with Gasteiger partial charge in [-0.2, -0.15) is 0 Å². The van der Waals surface area contributed by atoms with Gasteiger partial charge < -0.3 is 10.2 Å². The van der Waals surface area contributed by atoms with Gasteiger partial charge in [0, 0.05) is 26.1 Å². The number of carbonyl (C=O) groups is 2. The Kier molecular flexibility index (Phi) is 4.35. The van der Waals surface area contributed by atoms with Crippen LogP contribution in [0.2, 0.25) is 0 Å². The molecule has 1 aliphatic heterocycles. The lowest BCUT2D eigenvalue weighted by Crippen LogP contribution is -2.49. The first-order valence-electron chi connectivity index (χ1n) is 5.56. The third-order valence-corrected chi connectivity index (χ3v) is 3.18. The molecule has 1 fully saturated rings. The molecule has 0 aliphatic carbocycles. The zero-order chi connectivity index (χ0) is 12.3. The molecular weight excluding hydrogens is 272 g/mol. The fraction of sp³-hybridized carbons (Fsp3) is 0.818. The summed E-state index contributed by atoms with van der Waals surface area (Å²) in [5.41, 5.74) is 0. The summed E-state index contributed by atoms with van der Waals surface area (Å²) >= 11 is 3.33. The van der Waals surface area contributed by atoms with Crippen LogP contribution < -0.4 is 5.32 Å². The molecule has 5 heteroatoms. The van der Waals surface area contributed by atoms with Gasteiger partial charge in [-0.1, -0.05) is 15.9 Å². The van der Waals surface area contributed by atoms with Gasteiger partial charge in [-0.05, 0) is 26.7 Å². The Morgan fingerprint density at radius 3 is 2.19 bits per heavy atom. The number of likely N-dealkylation sites (tertiary alicyclic amines) is 1. The molecule has 0 atom stereocenters. The molecule has 1 heterocycles. The Hall–Kier alpha value is -0.580. The third kappa shape index (κ3) is 3.77. The summed E-state index contributed by atoms with van der Waals surface area (Å²) in [4.78, 5) is 24.6. The van der Waals surface area contributed by atoms with Crippen molar-refractivity contribution in [2.75, 3.05) is 13.1 Å². The molecule has 0 bridgehead atoms. The van der Waals surface area contributed by atoms with Crippen molar-refractivity contribution >= 4 is 27.7 Å². The average Bonchev–Trinajstić information content (AvgIpc) is 2.17. The average molecular weight is 291 g/mol. The van der Waals surface area contributed by atoms with Gasteiger partial charge in [0.05, 0.1) is 4.32 Å². The van der Waals surface area contributed by atoms with Gasteiger partial charge in [-0.3, -0.25) is 9.59 Å². The zero-order valence-corrected chi connectivity index (χ0v) is 11.6. The van der Waals surface area contributed by atoms with E-state index in [1.807, 2.05) is 18.7 Å². The first kappa shape index (κ1) is 13.5. The van der Waals surface area contributed by atoms with Gasteiger partial charge in [0.2, 0.25) is 11.8 Å². The molecule has 1 N–H and O–H groups in total. The van der Waals surface area contributed by atoms with Gasteiger partial charge in [-0.15, -0.1) is 0 Å². The number of halogens is 1. The maximum absolute atomic E-state index is 11.7. The molecule has 0 saturated carbocycles. The normalized spacial score (nSPS) is 18.4. The minimum absolute atomic E-state index is 0.00813. The highest BCUT2D eigenvalue weighted by Crippen LogP contribution is 2.17. The second-order valence-corrected chi connectivity index (χ2v) is 6.71. The zero-order valence-electron chi connectivity index (χ0n) is 10.0. The van der Waals surface area contributed by atoms with Gasteiger partial charge >= 0.3 is 0 Å². The second kappa shape index (κ2) is 5.17. The van der Waals surface area contributed by atoms with Crippen molar-refractivity contribution in [3.8, 4) is 0 Å². The van der Waals surface area contributed by atoms with E-state index in [1.54, 1.807) is 6.92 Å². The van der Waals surface area contributed by atoms with E-state index in [1.165, 1.54) is 0 Å². The van der Waals surface area contributed by atoms with Crippen molar-refractivity contribution in [1.82, 2.24) is 10.2 Å². The third-order valence-electron chi connectivity index (χ3n) is 2.82. The maximum Gasteiger partial charge on any atom is 0.236 e. The summed E-state index contributed by atoms with van der Waals surface area (Å²) in [6.45, 7) is 6.71. The number of nitrogens with zero attached hydrogens (tertiary/aromatic N) is 1. The van der Waals surface area contributed by atoms with Crippen LogP contribution in [0.4, 0.5) is 0 Å². The molecule has 1 rings (SSSR count). The van der Waals surface area contributed by atoms with Crippen LogP contribution in [0.3, 0.4) is 0 Å². The Balaban J connectivity index is 2.38. The summed E-state index contributed by atoms with van der Waals surface area (Å²) in [7, 11) is 0. The van der Waals surface area contributed by atoms with Crippen LogP contribution >= 0.6 is 15.9 Å². The highest BCUT2D eigenvalue weighted by atomic mass is 79.9. The Bertz CT molecular complexity index is 278. The number of hydrogen-bond donors (Lipinski definition) is 1. The predicted molar refractivity (Wildman–Crippen MR) is 66.4 cm³/mol. The summed E-state index contributed by atoms with van der Waals surface area (Å²) in [5.74, 6) is 0.124. The van der Waals surface area contributed by atoms with Crippen LogP contribution in [-0.4, -0.2) is 40.2 Å². The first-order chi connectivity index (χ1) is 7.30. The highest BCUT2D eigenvalue weighted by molar-refractivity contribution is 9.10. The second-order valence-electron chi connectivity index (χ2n) is 4.73. The van der Waals surface area contributed by atoms with Crippen LogP contribution in [0.15, 0.2) is 0 Å². The smallest absolute Gasteiger partial charge is 0.236 e. The lowest BCUT2D eigenvalue weighted by atomic mass is 10.0. The molecule has 0 aromatic rings. The molecule has 0 radical (unpaired) electrons. The van der Waals surface area contributed by atoms with Crippen LogP contribution in [0.5, 0.6) is 0 Å². The molecule has 1 aliphatic rings. The quantitative estimate of drug-likeness (QED) is 0.779. The molecule has 0 aromatic heterocycles. The number of amides is 2. The number of hydrogen-bond acceptors (Lipinski definition) is 2. The number of carbonyl (C=O) groups excluding carboxylic acids is 2. The van der Waals surface area contributed by atoms with E-state index in [9.17, 15) is 9.59 Å². The van der Waals surface area contributed by atoms with Crippen molar-refractivity contribution in [2.45, 2.75) is 44.0 Å². The first-order valence-corrected chi connectivity index (χ1v) is 6.35. The SMILES string of the molecule is CC(=O)N1CCC(NC(=O)C(C)(C)Br)CC1. The number of piperidine rings is 1. The monoisotopic (exact) mass is 290 g/mol. The van der Waals surface area contributed by atoms with Crippen molar-refractivity contribution in [3.05, 3.63) is 0 Å². The standard InChI is InChI=1S/C11H19BrN2O2/c1-8(15)14-6-4-9(5-7-14)13-10(16)11(2,3)12/h9H,4-7H2,1-3H3,(H,13,16). The van der Waals surface area contributed by atoms with E-state index in [0.717, 1.165) is 25.9 Å². The number of rotatable bonds is 2. The van der Waals surface area contributed by atoms with Crippen LogP contribution in [0, 0.1) is 0 Å². The topological polar surface area (TPSA) is 49.4 Å². The van der Waals surface area contributed by atoms with Gasteiger partial charge in [0.15, 0.2) is 0 Å². The van der Waals surface area contributed by atoms with Gasteiger partial charge in [0.25, 0.3) is 0 Å². The fourth-order valence-electron chi connectivity index (χ4n) is 1.70. The fourth-order valence-corrected chi connectivity index (χ4v) is 1.81. The van der Waals surface area contributed by atoms with E-state index in [2.05, 4.69) is 21.2 Å². The molecule has 1 saturated heterocycles. The number of nitrogens with one attached hydrogen (secondary N) is 1. The Morgan fingerprint density at radius 2 is 1.81 bits per heavy atom.